The molecule has 1 aliphatic rings. The van der Waals surface area contributed by atoms with Crippen LogP contribution in [0.2, 0.25) is 5.02 Å². The molecule has 0 atom stereocenters. The number of likely N-dealkylation sites (N-methyl/N-ethyl adjacent to an activating group) is 1. The summed E-state index contributed by atoms with van der Waals surface area (Å²) in [5, 5.41) is 3.32. The first-order chi connectivity index (χ1) is 10.3. The van der Waals surface area contributed by atoms with Crippen molar-refractivity contribution in [3.8, 4) is 0 Å². The van der Waals surface area contributed by atoms with Crippen LogP contribution in [-0.2, 0) is 14.8 Å². The summed E-state index contributed by atoms with van der Waals surface area (Å²) in [6.45, 7) is 4.29. The minimum Gasteiger partial charge on any atom is -0.339 e. The van der Waals surface area contributed by atoms with Crippen LogP contribution in [0.4, 0.5) is 0 Å². The Kier molecular flexibility index (Phi) is 7.29. The Bertz CT molecular complexity index is 661. The number of piperazine rings is 1. The highest BCUT2D eigenvalue weighted by Crippen LogP contribution is 2.25. The van der Waals surface area contributed by atoms with Gasteiger partial charge in [0.1, 0.15) is 4.90 Å². The molecule has 0 aromatic heterocycles. The summed E-state index contributed by atoms with van der Waals surface area (Å²) in [6, 6.07) is 4.75. The number of carbonyl (C=O) groups excluding carboxylic acids is 1. The molecular weight excluding hydrogens is 361 g/mol. The molecule has 0 unspecified atom stereocenters. The lowest BCUT2D eigenvalue weighted by Gasteiger charge is -2.29. The Morgan fingerprint density at radius 2 is 1.96 bits per heavy atom. The predicted molar refractivity (Wildman–Crippen MR) is 92.7 cm³/mol. The van der Waals surface area contributed by atoms with E-state index in [4.69, 9.17) is 11.6 Å². The molecule has 0 spiro atoms. The van der Waals surface area contributed by atoms with Crippen LogP contribution in [0.1, 0.15) is 5.56 Å². The van der Waals surface area contributed by atoms with Gasteiger partial charge in [0.15, 0.2) is 0 Å². The Morgan fingerprint density at radius 3 is 2.52 bits per heavy atom. The molecule has 1 aliphatic heterocycles. The van der Waals surface area contributed by atoms with Crippen molar-refractivity contribution in [1.82, 2.24) is 14.5 Å². The monoisotopic (exact) mass is 381 g/mol. The van der Waals surface area contributed by atoms with Crippen molar-refractivity contribution in [3.63, 3.8) is 0 Å². The van der Waals surface area contributed by atoms with Gasteiger partial charge in [0, 0.05) is 33.2 Å². The highest BCUT2D eigenvalue weighted by Gasteiger charge is 2.27. The molecule has 0 radical (unpaired) electrons. The number of carbonyl (C=O) groups is 1. The molecule has 1 aromatic rings. The molecule has 1 saturated heterocycles. The number of aryl methyl sites for hydroxylation is 1. The first kappa shape index (κ1) is 20.2. The van der Waals surface area contributed by atoms with Gasteiger partial charge in [0.05, 0.1) is 11.6 Å². The number of benzene rings is 1. The number of amides is 1. The topological polar surface area (TPSA) is 69.7 Å². The lowest BCUT2D eigenvalue weighted by Crippen LogP contribution is -2.49. The smallest absolute Gasteiger partial charge is 0.244 e. The zero-order chi connectivity index (χ0) is 16.3. The van der Waals surface area contributed by atoms with Crippen molar-refractivity contribution in [2.45, 2.75) is 11.8 Å². The van der Waals surface area contributed by atoms with E-state index >= 15 is 0 Å². The van der Waals surface area contributed by atoms with Crippen LogP contribution in [0, 0.1) is 6.92 Å². The van der Waals surface area contributed by atoms with Crippen LogP contribution in [0.15, 0.2) is 23.1 Å². The second-order valence-corrected chi connectivity index (χ2v) is 7.75. The molecule has 1 amide bonds. The number of sulfonamides is 1. The van der Waals surface area contributed by atoms with Gasteiger partial charge < -0.3 is 10.2 Å². The second kappa shape index (κ2) is 8.30. The number of nitrogens with zero attached hydrogens (tertiary/aromatic N) is 2. The van der Waals surface area contributed by atoms with E-state index in [1.165, 1.54) is 13.1 Å². The van der Waals surface area contributed by atoms with E-state index in [1.54, 1.807) is 17.0 Å². The van der Waals surface area contributed by atoms with E-state index in [-0.39, 0.29) is 34.8 Å². The summed E-state index contributed by atoms with van der Waals surface area (Å²) >= 11 is 6.03. The lowest BCUT2D eigenvalue weighted by atomic mass is 10.2. The maximum atomic E-state index is 12.5. The van der Waals surface area contributed by atoms with Gasteiger partial charge in [-0.3, -0.25) is 4.79 Å². The zero-order valence-electron chi connectivity index (χ0n) is 13.1. The molecular formula is C14H21Cl2N3O3S. The Balaban J connectivity index is 0.00000264. The molecule has 1 N–H and O–H groups in total. The van der Waals surface area contributed by atoms with Gasteiger partial charge in [-0.05, 0) is 24.6 Å². The fraction of sp³-hybridized carbons (Fsp3) is 0.500. The first-order valence-electron chi connectivity index (χ1n) is 7.03. The minimum absolute atomic E-state index is 0. The number of hydrogen-bond donors (Lipinski definition) is 1. The van der Waals surface area contributed by atoms with Gasteiger partial charge in [0.25, 0.3) is 0 Å². The van der Waals surface area contributed by atoms with Crippen LogP contribution in [0.5, 0.6) is 0 Å². The normalized spacial score (nSPS) is 15.4. The van der Waals surface area contributed by atoms with Crippen molar-refractivity contribution < 1.29 is 13.2 Å². The van der Waals surface area contributed by atoms with Crippen LogP contribution >= 0.6 is 24.0 Å². The van der Waals surface area contributed by atoms with Crippen molar-refractivity contribution in [2.75, 3.05) is 39.8 Å². The summed E-state index contributed by atoms with van der Waals surface area (Å²) in [4.78, 5) is 13.9. The van der Waals surface area contributed by atoms with E-state index in [0.29, 0.717) is 13.1 Å². The fourth-order valence-electron chi connectivity index (χ4n) is 2.27. The molecule has 2 rings (SSSR count). The average molecular weight is 382 g/mol. The zero-order valence-corrected chi connectivity index (χ0v) is 15.5. The summed E-state index contributed by atoms with van der Waals surface area (Å²) in [6.07, 6.45) is 0. The molecule has 1 fully saturated rings. The van der Waals surface area contributed by atoms with E-state index in [0.717, 1.165) is 23.0 Å². The third-order valence-electron chi connectivity index (χ3n) is 3.60. The molecule has 6 nitrogen and oxygen atoms in total. The van der Waals surface area contributed by atoms with Crippen LogP contribution < -0.4 is 5.32 Å². The summed E-state index contributed by atoms with van der Waals surface area (Å²) < 4.78 is 26.1. The Hall–Kier alpha value is -0.860. The van der Waals surface area contributed by atoms with Crippen LogP contribution in [0.25, 0.3) is 0 Å². The third kappa shape index (κ3) is 4.81. The fourth-order valence-corrected chi connectivity index (χ4v) is 3.96. The number of halogens is 2. The summed E-state index contributed by atoms with van der Waals surface area (Å²) in [5.41, 5.74) is 0.878. The maximum absolute atomic E-state index is 12.5. The average Bonchev–Trinajstić information content (AvgIpc) is 2.47. The third-order valence-corrected chi connectivity index (χ3v) is 5.89. The van der Waals surface area contributed by atoms with Gasteiger partial charge in [-0.1, -0.05) is 17.7 Å². The molecule has 0 aliphatic carbocycles. The largest absolute Gasteiger partial charge is 0.339 e. The maximum Gasteiger partial charge on any atom is 0.244 e. The van der Waals surface area contributed by atoms with E-state index < -0.39 is 10.0 Å². The molecule has 9 heteroatoms. The van der Waals surface area contributed by atoms with E-state index in [1.807, 2.05) is 6.92 Å². The van der Waals surface area contributed by atoms with Crippen molar-refractivity contribution in [2.24, 2.45) is 0 Å². The Labute approximate surface area is 148 Å². The molecule has 130 valence electrons. The minimum atomic E-state index is -3.78. The first-order valence-corrected chi connectivity index (χ1v) is 8.85. The molecule has 23 heavy (non-hydrogen) atoms. The molecule has 1 aromatic carbocycles. The van der Waals surface area contributed by atoms with E-state index in [2.05, 4.69) is 5.32 Å². The lowest BCUT2D eigenvalue weighted by molar-refractivity contribution is -0.131. The SMILES string of the molecule is Cc1ccc(S(=O)(=O)N(C)CC(=O)N2CCNCC2)c(Cl)c1.Cl. The highest BCUT2D eigenvalue weighted by atomic mass is 35.5. The predicted octanol–water partition coefficient (Wildman–Crippen LogP) is 1.12. The van der Waals surface area contributed by atoms with Gasteiger partial charge in [-0.25, -0.2) is 8.42 Å². The molecule has 1 heterocycles. The van der Waals surface area contributed by atoms with Crippen molar-refractivity contribution in [3.05, 3.63) is 28.8 Å². The van der Waals surface area contributed by atoms with Crippen molar-refractivity contribution >= 4 is 39.9 Å². The second-order valence-electron chi connectivity index (χ2n) is 5.33. The van der Waals surface area contributed by atoms with Gasteiger partial charge >= 0.3 is 0 Å². The van der Waals surface area contributed by atoms with E-state index in [9.17, 15) is 13.2 Å². The van der Waals surface area contributed by atoms with Gasteiger partial charge in [0.2, 0.25) is 15.9 Å². The van der Waals surface area contributed by atoms with Crippen LogP contribution in [-0.4, -0.2) is 63.3 Å². The quantitative estimate of drug-likeness (QED) is 0.848. The van der Waals surface area contributed by atoms with Crippen molar-refractivity contribution in [1.29, 1.82) is 0 Å². The van der Waals surface area contributed by atoms with Gasteiger partial charge in [-0.2, -0.15) is 4.31 Å². The Morgan fingerprint density at radius 1 is 1.35 bits per heavy atom. The van der Waals surface area contributed by atoms with Crippen LogP contribution in [0.3, 0.4) is 0 Å². The molecule has 0 saturated carbocycles. The number of nitrogens with one attached hydrogen (secondary N) is 1. The highest BCUT2D eigenvalue weighted by molar-refractivity contribution is 7.89. The summed E-state index contributed by atoms with van der Waals surface area (Å²) in [7, 11) is -2.39. The number of hydrogen-bond acceptors (Lipinski definition) is 4. The number of rotatable bonds is 4. The van der Waals surface area contributed by atoms with Gasteiger partial charge in [-0.15, -0.1) is 12.4 Å². The summed E-state index contributed by atoms with van der Waals surface area (Å²) in [5.74, 6) is -0.198. The standard InChI is InChI=1S/C14H20ClN3O3S.ClH/c1-11-3-4-13(12(15)9-11)22(20,21)17(2)10-14(19)18-7-5-16-6-8-18;/h3-4,9,16H,5-8,10H2,1-2H3;1H. The molecule has 0 bridgehead atoms.